The van der Waals surface area contributed by atoms with Gasteiger partial charge in [0.15, 0.2) is 15.0 Å². The van der Waals surface area contributed by atoms with Crippen LogP contribution in [0.15, 0.2) is 30.5 Å². The third-order valence-electron chi connectivity index (χ3n) is 3.78. The van der Waals surface area contributed by atoms with Gasteiger partial charge in [-0.25, -0.2) is 22.6 Å². The number of carbonyl (C=O) groups excluding carboxylic acids is 1. The van der Waals surface area contributed by atoms with Crippen LogP contribution in [0.2, 0.25) is 0 Å². The molecule has 1 unspecified atom stereocenters. The highest BCUT2D eigenvalue weighted by atomic mass is 32.2. The molecule has 1 heterocycles. The van der Waals surface area contributed by atoms with Crippen molar-refractivity contribution in [3.63, 3.8) is 0 Å². The van der Waals surface area contributed by atoms with Gasteiger partial charge in [-0.3, -0.25) is 5.32 Å². The topological polar surface area (TPSA) is 79.4 Å². The molecule has 25 heavy (non-hydrogen) atoms. The van der Waals surface area contributed by atoms with Crippen molar-refractivity contribution < 1.29 is 17.6 Å². The molecule has 0 saturated heterocycles. The largest absolute Gasteiger partial charge is 0.324 e. The van der Waals surface area contributed by atoms with Crippen LogP contribution >= 0.6 is 11.3 Å². The summed E-state index contributed by atoms with van der Waals surface area (Å²) in [5, 5.41) is 2.93. The van der Waals surface area contributed by atoms with Crippen LogP contribution in [0.25, 0.3) is 10.4 Å². The molecule has 136 valence electrons. The zero-order valence-electron chi connectivity index (χ0n) is 14.2. The van der Waals surface area contributed by atoms with E-state index in [9.17, 15) is 17.6 Å². The van der Waals surface area contributed by atoms with E-state index in [1.165, 1.54) is 24.2 Å². The van der Waals surface area contributed by atoms with E-state index in [-0.39, 0.29) is 17.3 Å². The Bertz CT molecular complexity index is 852. The average molecular weight is 385 g/mol. The second-order valence-electron chi connectivity index (χ2n) is 5.60. The number of carbonyl (C=O) groups is 1. The number of nitrogens with one attached hydrogen (secondary N) is 1. The first-order chi connectivity index (χ1) is 11.7. The Morgan fingerprint density at radius 2 is 2.08 bits per heavy atom. The Labute approximate surface area is 150 Å². The number of urea groups is 1. The fourth-order valence-electron chi connectivity index (χ4n) is 2.09. The predicted octanol–water partition coefficient (Wildman–Crippen LogP) is 3.24. The van der Waals surface area contributed by atoms with Crippen LogP contribution in [-0.2, 0) is 9.84 Å². The summed E-state index contributed by atoms with van der Waals surface area (Å²) in [5.41, 5.74) is 0.413. The number of aromatic nitrogens is 1. The number of hydrogen-bond acceptors (Lipinski definition) is 5. The molecule has 6 nitrogen and oxygen atoms in total. The smallest absolute Gasteiger partial charge is 0.323 e. The number of anilines is 1. The van der Waals surface area contributed by atoms with Gasteiger partial charge in [0.1, 0.15) is 5.82 Å². The van der Waals surface area contributed by atoms with Crippen LogP contribution in [0.4, 0.5) is 14.3 Å². The van der Waals surface area contributed by atoms with Gasteiger partial charge >= 0.3 is 6.03 Å². The number of rotatable bonds is 6. The van der Waals surface area contributed by atoms with Gasteiger partial charge in [0, 0.05) is 30.6 Å². The summed E-state index contributed by atoms with van der Waals surface area (Å²) in [6.45, 7) is 3.24. The molecule has 0 spiro atoms. The van der Waals surface area contributed by atoms with Crippen molar-refractivity contribution >= 4 is 32.3 Å². The second-order valence-corrected chi connectivity index (χ2v) is 9.03. The molecule has 0 fully saturated rings. The van der Waals surface area contributed by atoms with Gasteiger partial charge in [-0.15, -0.1) is 0 Å². The maximum atomic E-state index is 13.8. The third-order valence-corrected chi connectivity index (χ3v) is 6.59. The van der Waals surface area contributed by atoms with E-state index >= 15 is 0 Å². The molecule has 2 aromatic rings. The van der Waals surface area contributed by atoms with E-state index in [0.29, 0.717) is 15.6 Å². The molecule has 2 amide bonds. The maximum Gasteiger partial charge on any atom is 0.323 e. The number of thiazole rings is 1. The van der Waals surface area contributed by atoms with Crippen LogP contribution in [-0.4, -0.2) is 48.9 Å². The van der Waals surface area contributed by atoms with Gasteiger partial charge in [0.2, 0.25) is 0 Å². The van der Waals surface area contributed by atoms with Crippen LogP contribution < -0.4 is 5.32 Å². The lowest BCUT2D eigenvalue weighted by atomic mass is 10.2. The fraction of sp³-hybridized carbons (Fsp3) is 0.375. The lowest BCUT2D eigenvalue weighted by Gasteiger charge is -2.24. The van der Waals surface area contributed by atoms with E-state index in [2.05, 4.69) is 10.3 Å². The van der Waals surface area contributed by atoms with Crippen molar-refractivity contribution in [2.75, 3.05) is 23.9 Å². The first kappa shape index (κ1) is 19.3. The summed E-state index contributed by atoms with van der Waals surface area (Å²) < 4.78 is 37.2. The number of amides is 2. The van der Waals surface area contributed by atoms with Gasteiger partial charge < -0.3 is 4.90 Å². The van der Waals surface area contributed by atoms with Crippen LogP contribution in [0, 0.1) is 5.82 Å². The molecule has 1 atom stereocenters. The van der Waals surface area contributed by atoms with Crippen molar-refractivity contribution in [2.24, 2.45) is 0 Å². The highest BCUT2D eigenvalue weighted by molar-refractivity contribution is 7.91. The number of nitrogens with zero attached hydrogens (tertiary/aromatic N) is 2. The molecule has 0 bridgehead atoms. The Morgan fingerprint density at radius 3 is 2.72 bits per heavy atom. The summed E-state index contributed by atoms with van der Waals surface area (Å²) in [5.74, 6) is -0.434. The molecular formula is C16H20FN3O3S2. The zero-order chi connectivity index (χ0) is 18.6. The summed E-state index contributed by atoms with van der Waals surface area (Å²) in [4.78, 5) is 18.2. The quantitative estimate of drug-likeness (QED) is 0.828. The zero-order valence-corrected chi connectivity index (χ0v) is 15.8. The molecule has 1 aromatic heterocycles. The van der Waals surface area contributed by atoms with Crippen LogP contribution in [0.3, 0.4) is 0 Å². The second kappa shape index (κ2) is 7.92. The molecular weight excluding hydrogens is 365 g/mol. The monoisotopic (exact) mass is 385 g/mol. The van der Waals surface area contributed by atoms with Gasteiger partial charge in [0.05, 0.1) is 10.6 Å². The van der Waals surface area contributed by atoms with Gasteiger partial charge in [-0.1, -0.05) is 36.5 Å². The van der Waals surface area contributed by atoms with Crippen molar-refractivity contribution in [1.29, 1.82) is 0 Å². The Kier molecular flexibility index (Phi) is 6.12. The number of benzene rings is 1. The summed E-state index contributed by atoms with van der Waals surface area (Å²) >= 11 is 1.15. The van der Waals surface area contributed by atoms with Gasteiger partial charge in [-0.05, 0) is 13.0 Å². The molecule has 0 aliphatic heterocycles. The minimum Gasteiger partial charge on any atom is -0.324 e. The van der Waals surface area contributed by atoms with Gasteiger partial charge in [-0.2, -0.15) is 0 Å². The number of halogens is 1. The lowest BCUT2D eigenvalue weighted by Crippen LogP contribution is -2.42. The summed E-state index contributed by atoms with van der Waals surface area (Å²) in [6.07, 6.45) is 1.49. The lowest BCUT2D eigenvalue weighted by molar-refractivity contribution is 0.212. The number of hydrogen-bond donors (Lipinski definition) is 1. The van der Waals surface area contributed by atoms with E-state index < -0.39 is 21.9 Å². The molecule has 1 aromatic carbocycles. The van der Waals surface area contributed by atoms with E-state index in [1.807, 2.05) is 0 Å². The van der Waals surface area contributed by atoms with E-state index in [1.54, 1.807) is 32.0 Å². The first-order valence-corrected chi connectivity index (χ1v) is 10.3. The molecule has 0 saturated carbocycles. The average Bonchev–Trinajstić information content (AvgIpc) is 3.02. The normalized spacial score (nSPS) is 12.6. The van der Waals surface area contributed by atoms with E-state index in [4.69, 9.17) is 0 Å². The molecule has 1 N–H and O–H groups in total. The highest BCUT2D eigenvalue weighted by Gasteiger charge is 2.22. The predicted molar refractivity (Wildman–Crippen MR) is 98.1 cm³/mol. The summed E-state index contributed by atoms with van der Waals surface area (Å²) in [6, 6.07) is 5.38. The molecule has 0 aliphatic rings. The third kappa shape index (κ3) is 4.99. The fourth-order valence-corrected chi connectivity index (χ4v) is 4.12. The molecule has 2 rings (SSSR count). The van der Waals surface area contributed by atoms with E-state index in [0.717, 1.165) is 11.3 Å². The van der Waals surface area contributed by atoms with Crippen molar-refractivity contribution in [1.82, 2.24) is 9.88 Å². The van der Waals surface area contributed by atoms with Crippen molar-refractivity contribution in [2.45, 2.75) is 19.9 Å². The van der Waals surface area contributed by atoms with Crippen molar-refractivity contribution in [3.8, 4) is 10.4 Å². The number of sulfone groups is 1. The minimum absolute atomic E-state index is 0.0330. The van der Waals surface area contributed by atoms with Crippen molar-refractivity contribution in [3.05, 3.63) is 36.3 Å². The van der Waals surface area contributed by atoms with Crippen LogP contribution in [0.1, 0.15) is 13.8 Å². The maximum absolute atomic E-state index is 13.8. The highest BCUT2D eigenvalue weighted by Crippen LogP contribution is 2.30. The van der Waals surface area contributed by atoms with Gasteiger partial charge in [0.25, 0.3) is 0 Å². The summed E-state index contributed by atoms with van der Waals surface area (Å²) in [7, 11) is -1.66. The Hall–Kier alpha value is -2.00. The molecule has 0 radical (unpaired) electrons. The molecule has 9 heteroatoms. The Balaban J connectivity index is 2.05. The SMILES string of the molecule is CCS(=O)(=O)CC(C)N(C)C(=O)Nc1ncc(-c2ccccc2F)s1. The molecule has 0 aliphatic carbocycles. The first-order valence-electron chi connectivity index (χ1n) is 7.68. The standard InChI is InChI=1S/C16H20FN3O3S2/c1-4-25(22,23)10-11(2)20(3)16(21)19-15-18-9-14(24-15)12-7-5-6-8-13(12)17/h5-9,11H,4,10H2,1-3H3,(H,18,19,21). The van der Waals surface area contributed by atoms with Crippen LogP contribution in [0.5, 0.6) is 0 Å². The minimum atomic E-state index is -3.18. The Morgan fingerprint density at radius 1 is 1.40 bits per heavy atom.